The molecule has 96 valence electrons. The summed E-state index contributed by atoms with van der Waals surface area (Å²) in [5, 5.41) is 19.0. The van der Waals surface area contributed by atoms with Crippen LogP contribution in [0, 0.1) is 6.92 Å². The Bertz CT molecular complexity index is 399. The van der Waals surface area contributed by atoms with Crippen molar-refractivity contribution in [1.82, 2.24) is 4.98 Å². The van der Waals surface area contributed by atoms with E-state index >= 15 is 0 Å². The van der Waals surface area contributed by atoms with Crippen molar-refractivity contribution in [3.05, 3.63) is 10.6 Å². The molecule has 0 atom stereocenters. The Morgan fingerprint density at radius 3 is 2.47 bits per heavy atom. The molecule has 1 heterocycles. The zero-order chi connectivity index (χ0) is 13.1. The van der Waals surface area contributed by atoms with Gasteiger partial charge in [-0.15, -0.1) is 11.3 Å². The fraction of sp³-hybridized carbons (Fsp3) is 0.636. The van der Waals surface area contributed by atoms with Gasteiger partial charge < -0.3 is 10.2 Å². The van der Waals surface area contributed by atoms with Crippen LogP contribution in [0.5, 0.6) is 0 Å². The highest BCUT2D eigenvalue weighted by Crippen LogP contribution is 2.31. The summed E-state index contributed by atoms with van der Waals surface area (Å²) in [6, 6.07) is 0. The van der Waals surface area contributed by atoms with Crippen molar-refractivity contribution in [3.8, 4) is 0 Å². The second-order valence-corrected chi connectivity index (χ2v) is 6.14. The number of aryl methyl sites for hydroxylation is 1. The molecule has 0 aliphatic heterocycles. The molecule has 0 saturated heterocycles. The fourth-order valence-electron chi connectivity index (χ4n) is 1.28. The molecule has 1 rings (SSSR count). The van der Waals surface area contributed by atoms with E-state index in [9.17, 15) is 9.90 Å². The van der Waals surface area contributed by atoms with Crippen LogP contribution in [0.2, 0.25) is 0 Å². The molecule has 0 bridgehead atoms. The predicted molar refractivity (Wildman–Crippen MR) is 70.1 cm³/mol. The molecule has 0 fully saturated rings. The number of aromatic nitrogens is 1. The highest BCUT2D eigenvalue weighted by atomic mass is 32.2. The van der Waals surface area contributed by atoms with E-state index in [0.29, 0.717) is 28.6 Å². The fourth-order valence-corrected chi connectivity index (χ4v) is 3.58. The standard InChI is InChI=1S/C11H17NO3S2/c1-4-11(15,5-2)6-16-10-12-7(3)8(17-10)9(13)14/h15H,4-6H2,1-3H3,(H,13,14). The van der Waals surface area contributed by atoms with Crippen LogP contribution < -0.4 is 0 Å². The Labute approximate surface area is 109 Å². The van der Waals surface area contributed by atoms with E-state index in [2.05, 4.69) is 4.98 Å². The van der Waals surface area contributed by atoms with E-state index in [0.717, 1.165) is 0 Å². The Morgan fingerprint density at radius 1 is 1.47 bits per heavy atom. The van der Waals surface area contributed by atoms with Crippen LogP contribution in [-0.2, 0) is 0 Å². The summed E-state index contributed by atoms with van der Waals surface area (Å²) in [7, 11) is 0. The third-order valence-electron chi connectivity index (χ3n) is 2.75. The molecular weight excluding hydrogens is 258 g/mol. The van der Waals surface area contributed by atoms with Crippen LogP contribution in [-0.4, -0.2) is 32.5 Å². The van der Waals surface area contributed by atoms with Crippen molar-refractivity contribution < 1.29 is 15.0 Å². The SMILES string of the molecule is CCC(O)(CC)CSc1nc(C)c(C(=O)O)s1. The number of thioether (sulfide) groups is 1. The molecule has 0 unspecified atom stereocenters. The highest BCUT2D eigenvalue weighted by Gasteiger charge is 2.23. The Morgan fingerprint density at radius 2 is 2.06 bits per heavy atom. The summed E-state index contributed by atoms with van der Waals surface area (Å²) >= 11 is 2.59. The third kappa shape index (κ3) is 3.69. The lowest BCUT2D eigenvalue weighted by molar-refractivity contribution is 0.0571. The summed E-state index contributed by atoms with van der Waals surface area (Å²) < 4.78 is 0.709. The van der Waals surface area contributed by atoms with Crippen LogP contribution in [0.4, 0.5) is 0 Å². The van der Waals surface area contributed by atoms with Gasteiger partial charge in [-0.2, -0.15) is 0 Å². The van der Waals surface area contributed by atoms with Crippen molar-refractivity contribution >= 4 is 29.1 Å². The average Bonchev–Trinajstić information content (AvgIpc) is 2.68. The number of hydrogen-bond donors (Lipinski definition) is 2. The minimum atomic E-state index is -0.937. The van der Waals surface area contributed by atoms with Crippen LogP contribution in [0.15, 0.2) is 4.34 Å². The lowest BCUT2D eigenvalue weighted by Gasteiger charge is -2.23. The first kappa shape index (κ1) is 14.5. The van der Waals surface area contributed by atoms with E-state index in [1.807, 2.05) is 13.8 Å². The summed E-state index contributed by atoms with van der Waals surface area (Å²) in [4.78, 5) is 15.3. The summed E-state index contributed by atoms with van der Waals surface area (Å²) in [5.41, 5.74) is -0.144. The number of carboxylic acid groups (broad SMARTS) is 1. The summed E-state index contributed by atoms with van der Waals surface area (Å²) in [5.74, 6) is -0.389. The van der Waals surface area contributed by atoms with Gasteiger partial charge >= 0.3 is 5.97 Å². The Kier molecular flexibility index (Phi) is 4.97. The first-order valence-corrected chi connectivity index (χ1v) is 7.28. The summed E-state index contributed by atoms with van der Waals surface area (Å²) in [6.45, 7) is 5.58. The van der Waals surface area contributed by atoms with Crippen molar-refractivity contribution in [2.75, 3.05) is 5.75 Å². The van der Waals surface area contributed by atoms with E-state index < -0.39 is 11.6 Å². The number of rotatable bonds is 6. The Balaban J connectivity index is 2.70. The lowest BCUT2D eigenvalue weighted by Crippen LogP contribution is -2.29. The summed E-state index contributed by atoms with van der Waals surface area (Å²) in [6.07, 6.45) is 1.37. The van der Waals surface area contributed by atoms with Crippen LogP contribution in [0.1, 0.15) is 42.1 Å². The number of aromatic carboxylic acids is 1. The van der Waals surface area contributed by atoms with E-state index in [1.165, 1.54) is 23.1 Å². The molecule has 1 aromatic heterocycles. The molecule has 1 aromatic rings. The first-order chi connectivity index (χ1) is 7.91. The molecule has 4 nitrogen and oxygen atoms in total. The van der Waals surface area contributed by atoms with Gasteiger partial charge in [0.15, 0.2) is 4.34 Å². The van der Waals surface area contributed by atoms with Crippen LogP contribution >= 0.6 is 23.1 Å². The minimum Gasteiger partial charge on any atom is -0.477 e. The molecule has 0 saturated carbocycles. The van der Waals surface area contributed by atoms with Gasteiger partial charge in [0.05, 0.1) is 11.3 Å². The van der Waals surface area contributed by atoms with Crippen molar-refractivity contribution in [3.63, 3.8) is 0 Å². The highest BCUT2D eigenvalue weighted by molar-refractivity contribution is 8.01. The van der Waals surface area contributed by atoms with Crippen molar-refractivity contribution in [2.45, 2.75) is 43.6 Å². The molecule has 0 spiro atoms. The van der Waals surface area contributed by atoms with E-state index in [-0.39, 0.29) is 4.88 Å². The smallest absolute Gasteiger partial charge is 0.347 e. The normalized spacial score (nSPS) is 11.8. The van der Waals surface area contributed by atoms with Crippen LogP contribution in [0.25, 0.3) is 0 Å². The molecule has 17 heavy (non-hydrogen) atoms. The number of carbonyl (C=O) groups is 1. The lowest BCUT2D eigenvalue weighted by atomic mass is 10.0. The molecule has 0 radical (unpaired) electrons. The first-order valence-electron chi connectivity index (χ1n) is 5.47. The van der Waals surface area contributed by atoms with Gasteiger partial charge in [0, 0.05) is 5.75 Å². The molecule has 6 heteroatoms. The zero-order valence-corrected chi connectivity index (χ0v) is 11.8. The van der Waals surface area contributed by atoms with Gasteiger partial charge in [0.1, 0.15) is 4.88 Å². The second-order valence-electron chi connectivity index (χ2n) is 3.92. The third-order valence-corrected chi connectivity index (χ3v) is 5.32. The van der Waals surface area contributed by atoms with Gasteiger partial charge in [-0.05, 0) is 19.8 Å². The molecule has 0 aliphatic carbocycles. The van der Waals surface area contributed by atoms with Crippen molar-refractivity contribution in [1.29, 1.82) is 0 Å². The number of thiazole rings is 1. The largest absolute Gasteiger partial charge is 0.477 e. The number of carboxylic acids is 1. The predicted octanol–water partition coefficient (Wildman–Crippen LogP) is 2.79. The maximum absolute atomic E-state index is 10.9. The molecular formula is C11H17NO3S2. The van der Waals surface area contributed by atoms with Gasteiger partial charge in [0.2, 0.25) is 0 Å². The number of hydrogen-bond acceptors (Lipinski definition) is 5. The maximum atomic E-state index is 10.9. The molecule has 0 amide bonds. The average molecular weight is 275 g/mol. The molecule has 0 aromatic carbocycles. The number of nitrogens with zero attached hydrogens (tertiary/aromatic N) is 1. The van der Waals surface area contributed by atoms with Crippen LogP contribution in [0.3, 0.4) is 0 Å². The van der Waals surface area contributed by atoms with E-state index in [1.54, 1.807) is 6.92 Å². The molecule has 0 aliphatic rings. The van der Waals surface area contributed by atoms with Gasteiger partial charge in [-0.25, -0.2) is 9.78 Å². The monoisotopic (exact) mass is 275 g/mol. The Hall–Kier alpha value is -0.590. The minimum absolute atomic E-state index is 0.282. The van der Waals surface area contributed by atoms with Crippen molar-refractivity contribution in [2.24, 2.45) is 0 Å². The van der Waals surface area contributed by atoms with E-state index in [4.69, 9.17) is 5.11 Å². The number of aliphatic hydroxyl groups is 1. The molecule has 2 N–H and O–H groups in total. The van der Waals surface area contributed by atoms with Gasteiger partial charge in [0.25, 0.3) is 0 Å². The van der Waals surface area contributed by atoms with Gasteiger partial charge in [-0.1, -0.05) is 25.6 Å². The second kappa shape index (κ2) is 5.84. The topological polar surface area (TPSA) is 70.4 Å². The van der Waals surface area contributed by atoms with Gasteiger partial charge in [-0.3, -0.25) is 0 Å². The maximum Gasteiger partial charge on any atom is 0.347 e. The quantitative estimate of drug-likeness (QED) is 0.781. The zero-order valence-electron chi connectivity index (χ0n) is 10.2.